The Kier molecular flexibility index (Phi) is 4.49. The molecule has 2 aromatic heterocycles. The first-order valence-electron chi connectivity index (χ1n) is 7.92. The van der Waals surface area contributed by atoms with E-state index in [1.54, 1.807) is 19.9 Å². The van der Waals surface area contributed by atoms with Gasteiger partial charge >= 0.3 is 0 Å². The van der Waals surface area contributed by atoms with E-state index in [1.165, 1.54) is 0 Å². The molecule has 0 amide bonds. The number of benzene rings is 1. The van der Waals surface area contributed by atoms with Gasteiger partial charge in [-0.3, -0.25) is 9.89 Å². The fourth-order valence-electron chi connectivity index (χ4n) is 2.87. The molecule has 0 fully saturated rings. The van der Waals surface area contributed by atoms with E-state index in [-0.39, 0.29) is 17.0 Å². The van der Waals surface area contributed by atoms with Gasteiger partial charge in [-0.1, -0.05) is 12.1 Å². The normalized spacial score (nSPS) is 12.0. The molecule has 7 nitrogen and oxygen atoms in total. The number of sulfonamides is 1. The van der Waals surface area contributed by atoms with Crippen LogP contribution in [0, 0.1) is 20.8 Å². The number of pyridine rings is 1. The minimum absolute atomic E-state index is 0.132. The van der Waals surface area contributed by atoms with Crippen LogP contribution in [0.2, 0.25) is 0 Å². The molecule has 0 atom stereocenters. The number of nitrogens with one attached hydrogen (secondary N) is 3. The lowest BCUT2D eigenvalue weighted by Gasteiger charge is -2.08. The van der Waals surface area contributed by atoms with E-state index in [0.717, 1.165) is 16.5 Å². The molecule has 2 heterocycles. The molecule has 0 aliphatic carbocycles. The first-order chi connectivity index (χ1) is 11.8. The van der Waals surface area contributed by atoms with Crippen LogP contribution in [0.3, 0.4) is 0 Å². The summed E-state index contributed by atoms with van der Waals surface area (Å²) >= 11 is 0. The highest BCUT2D eigenvalue weighted by Crippen LogP contribution is 2.16. The Morgan fingerprint density at radius 1 is 1.16 bits per heavy atom. The number of hydrogen-bond donors (Lipinski definition) is 3. The molecule has 132 valence electrons. The molecular formula is C17H20N4O3S. The molecule has 3 N–H and O–H groups in total. The fraction of sp³-hybridized carbons (Fsp3) is 0.294. The largest absolute Gasteiger partial charge is 0.322 e. The van der Waals surface area contributed by atoms with Gasteiger partial charge in [0.25, 0.3) is 5.56 Å². The van der Waals surface area contributed by atoms with Crippen molar-refractivity contribution in [2.45, 2.75) is 32.1 Å². The minimum Gasteiger partial charge on any atom is -0.322 e. The monoisotopic (exact) mass is 360 g/mol. The zero-order valence-corrected chi connectivity index (χ0v) is 15.1. The van der Waals surface area contributed by atoms with E-state index < -0.39 is 10.0 Å². The first kappa shape index (κ1) is 17.4. The molecule has 0 unspecified atom stereocenters. The summed E-state index contributed by atoms with van der Waals surface area (Å²) in [7, 11) is -3.67. The molecule has 0 saturated carbocycles. The Bertz CT molecular complexity index is 1080. The SMILES string of the molecule is Cc1ccc2cc(CCNS(=O)(=O)c3c(C)n[nH]c3C)c(=O)[nH]c2c1. The van der Waals surface area contributed by atoms with Crippen molar-refractivity contribution >= 4 is 20.9 Å². The third-order valence-electron chi connectivity index (χ3n) is 4.09. The molecule has 1 aromatic carbocycles. The summed E-state index contributed by atoms with van der Waals surface area (Å²) in [4.78, 5) is 15.2. The van der Waals surface area contributed by atoms with Crippen molar-refractivity contribution in [1.82, 2.24) is 19.9 Å². The average molecular weight is 360 g/mol. The summed E-state index contributed by atoms with van der Waals surface area (Å²) < 4.78 is 27.3. The second-order valence-electron chi connectivity index (χ2n) is 6.13. The highest BCUT2D eigenvalue weighted by atomic mass is 32.2. The van der Waals surface area contributed by atoms with E-state index in [1.807, 2.05) is 25.1 Å². The van der Waals surface area contributed by atoms with Crippen molar-refractivity contribution in [2.24, 2.45) is 0 Å². The zero-order valence-electron chi connectivity index (χ0n) is 14.3. The highest BCUT2D eigenvalue weighted by molar-refractivity contribution is 7.89. The molecule has 0 spiro atoms. The van der Waals surface area contributed by atoms with Gasteiger partial charge in [0.2, 0.25) is 10.0 Å². The van der Waals surface area contributed by atoms with Gasteiger partial charge in [-0.2, -0.15) is 5.10 Å². The Morgan fingerprint density at radius 3 is 2.60 bits per heavy atom. The second-order valence-corrected chi connectivity index (χ2v) is 7.83. The van der Waals surface area contributed by atoms with Crippen LogP contribution < -0.4 is 10.3 Å². The van der Waals surface area contributed by atoms with Gasteiger partial charge in [0, 0.05) is 17.6 Å². The Hall–Kier alpha value is -2.45. The maximum Gasteiger partial charge on any atom is 0.251 e. The topological polar surface area (TPSA) is 108 Å². The summed E-state index contributed by atoms with van der Waals surface area (Å²) in [6.45, 7) is 5.38. The number of H-pyrrole nitrogens is 2. The van der Waals surface area contributed by atoms with Crippen molar-refractivity contribution in [3.63, 3.8) is 0 Å². The number of rotatable bonds is 5. The quantitative estimate of drug-likeness (QED) is 0.643. The van der Waals surface area contributed by atoms with E-state index in [0.29, 0.717) is 23.4 Å². The van der Waals surface area contributed by atoms with Crippen LogP contribution in [0.4, 0.5) is 0 Å². The fourth-order valence-corrected chi connectivity index (χ4v) is 4.27. The first-order valence-corrected chi connectivity index (χ1v) is 9.40. The van der Waals surface area contributed by atoms with Crippen molar-refractivity contribution in [3.05, 3.63) is 57.1 Å². The van der Waals surface area contributed by atoms with E-state index in [2.05, 4.69) is 19.9 Å². The molecule has 25 heavy (non-hydrogen) atoms. The number of hydrogen-bond acceptors (Lipinski definition) is 4. The molecular weight excluding hydrogens is 340 g/mol. The molecule has 0 saturated heterocycles. The lowest BCUT2D eigenvalue weighted by Crippen LogP contribution is -2.28. The van der Waals surface area contributed by atoms with Crippen LogP contribution >= 0.6 is 0 Å². The molecule has 0 bridgehead atoms. The third-order valence-corrected chi connectivity index (χ3v) is 5.82. The minimum atomic E-state index is -3.67. The number of fused-ring (bicyclic) bond motifs is 1. The maximum absolute atomic E-state index is 12.4. The summed E-state index contributed by atoms with van der Waals surface area (Å²) in [5.41, 5.74) is 3.09. The van der Waals surface area contributed by atoms with Crippen LogP contribution in [0.1, 0.15) is 22.5 Å². The lowest BCUT2D eigenvalue weighted by atomic mass is 10.1. The van der Waals surface area contributed by atoms with Crippen LogP contribution in [0.15, 0.2) is 34.0 Å². The van der Waals surface area contributed by atoms with Crippen molar-refractivity contribution in [2.75, 3.05) is 6.54 Å². The van der Waals surface area contributed by atoms with Crippen LogP contribution in [-0.4, -0.2) is 30.1 Å². The highest BCUT2D eigenvalue weighted by Gasteiger charge is 2.21. The molecule has 3 rings (SSSR count). The van der Waals surface area contributed by atoms with Gasteiger partial charge in [-0.25, -0.2) is 13.1 Å². The molecule has 0 radical (unpaired) electrons. The van der Waals surface area contributed by atoms with Crippen LogP contribution in [0.25, 0.3) is 10.9 Å². The molecule has 0 aliphatic rings. The van der Waals surface area contributed by atoms with Crippen LogP contribution in [0.5, 0.6) is 0 Å². The molecule has 3 aromatic rings. The summed E-state index contributed by atoms with van der Waals surface area (Å²) in [5, 5.41) is 7.49. The second kappa shape index (κ2) is 6.45. The van der Waals surface area contributed by atoms with Crippen molar-refractivity contribution < 1.29 is 8.42 Å². The number of nitrogens with zero attached hydrogens (tertiary/aromatic N) is 1. The van der Waals surface area contributed by atoms with Gasteiger partial charge < -0.3 is 4.98 Å². The summed E-state index contributed by atoms with van der Waals surface area (Å²) in [5.74, 6) is 0. The number of aromatic amines is 2. The predicted molar refractivity (Wildman–Crippen MR) is 96.3 cm³/mol. The standard InChI is InChI=1S/C17H20N4O3S/c1-10-4-5-13-9-14(17(22)19-15(13)8-10)6-7-18-25(23,24)16-11(2)20-21-12(16)3/h4-5,8-9,18H,6-7H2,1-3H3,(H,19,22)(H,20,21). The average Bonchev–Trinajstić information content (AvgIpc) is 2.87. The van der Waals surface area contributed by atoms with Crippen molar-refractivity contribution in [1.29, 1.82) is 0 Å². The van der Waals surface area contributed by atoms with E-state index in [4.69, 9.17) is 0 Å². The van der Waals surface area contributed by atoms with Crippen molar-refractivity contribution in [3.8, 4) is 0 Å². The summed E-state index contributed by atoms with van der Waals surface area (Å²) in [6.07, 6.45) is 0.300. The number of aromatic nitrogens is 3. The van der Waals surface area contributed by atoms with Gasteiger partial charge in [0.05, 0.1) is 11.4 Å². The Morgan fingerprint density at radius 2 is 1.92 bits per heavy atom. The maximum atomic E-state index is 12.4. The lowest BCUT2D eigenvalue weighted by molar-refractivity contribution is 0.580. The van der Waals surface area contributed by atoms with Gasteiger partial charge in [-0.15, -0.1) is 0 Å². The van der Waals surface area contributed by atoms with Gasteiger partial charge in [0.15, 0.2) is 0 Å². The Labute approximate surface area is 145 Å². The van der Waals surface area contributed by atoms with E-state index in [9.17, 15) is 13.2 Å². The van der Waals surface area contributed by atoms with Gasteiger partial charge in [-0.05, 0) is 50.3 Å². The third kappa shape index (κ3) is 3.49. The predicted octanol–water partition coefficient (Wildman–Crippen LogP) is 1.70. The number of aryl methyl sites for hydroxylation is 3. The Balaban J connectivity index is 1.78. The van der Waals surface area contributed by atoms with E-state index >= 15 is 0 Å². The summed E-state index contributed by atoms with van der Waals surface area (Å²) in [6, 6.07) is 7.62. The van der Waals surface area contributed by atoms with Crippen LogP contribution in [-0.2, 0) is 16.4 Å². The van der Waals surface area contributed by atoms with Gasteiger partial charge in [0.1, 0.15) is 4.90 Å². The molecule has 0 aliphatic heterocycles. The molecule has 8 heteroatoms. The zero-order chi connectivity index (χ0) is 18.2. The smallest absolute Gasteiger partial charge is 0.251 e.